The Morgan fingerprint density at radius 1 is 1.00 bits per heavy atom. The molecule has 14 heavy (non-hydrogen) atoms. The molecule has 0 atom stereocenters. The molecule has 0 fully saturated rings. The topological polar surface area (TPSA) is 46.5 Å². The SMILES string of the molecule is CCCCCCCCCCC(=O)OO. The smallest absolute Gasteiger partial charge is 0.301 e. The van der Waals surface area contributed by atoms with Crippen LogP contribution in [0.2, 0.25) is 0 Å². The quantitative estimate of drug-likeness (QED) is 0.353. The van der Waals surface area contributed by atoms with Crippen molar-refractivity contribution in [1.29, 1.82) is 0 Å². The van der Waals surface area contributed by atoms with E-state index >= 15 is 0 Å². The van der Waals surface area contributed by atoms with E-state index in [9.17, 15) is 4.79 Å². The third-order valence-corrected chi connectivity index (χ3v) is 2.34. The van der Waals surface area contributed by atoms with E-state index in [1.807, 2.05) is 0 Å². The summed E-state index contributed by atoms with van der Waals surface area (Å²) in [6.07, 6.45) is 9.91. The Morgan fingerprint density at radius 2 is 1.50 bits per heavy atom. The molecule has 0 aliphatic rings. The molecule has 0 aromatic heterocycles. The summed E-state index contributed by atoms with van der Waals surface area (Å²) in [6.45, 7) is 2.21. The van der Waals surface area contributed by atoms with Crippen molar-refractivity contribution in [1.82, 2.24) is 0 Å². The highest BCUT2D eigenvalue weighted by Gasteiger charge is 2.00. The predicted molar refractivity (Wildman–Crippen MR) is 55.9 cm³/mol. The number of carbonyl (C=O) groups is 1. The molecule has 0 aromatic rings. The summed E-state index contributed by atoms with van der Waals surface area (Å²) >= 11 is 0. The average Bonchev–Trinajstić information content (AvgIpc) is 2.21. The molecule has 3 nitrogen and oxygen atoms in total. The molecule has 0 amide bonds. The maximum absolute atomic E-state index is 10.5. The first-order chi connectivity index (χ1) is 6.81. The van der Waals surface area contributed by atoms with Crippen LogP contribution in [0.3, 0.4) is 0 Å². The van der Waals surface area contributed by atoms with Gasteiger partial charge in [-0.25, -0.2) is 4.79 Å². The molecule has 84 valence electrons. The summed E-state index contributed by atoms with van der Waals surface area (Å²) in [5, 5.41) is 7.99. The Morgan fingerprint density at radius 3 is 2.00 bits per heavy atom. The first-order valence-corrected chi connectivity index (χ1v) is 5.65. The number of unbranched alkanes of at least 4 members (excludes halogenated alkanes) is 7. The molecule has 0 bridgehead atoms. The molecule has 0 saturated heterocycles. The molecular weight excluding hydrogens is 180 g/mol. The van der Waals surface area contributed by atoms with Crippen molar-refractivity contribution in [3.8, 4) is 0 Å². The molecule has 0 heterocycles. The van der Waals surface area contributed by atoms with Crippen LogP contribution in [-0.2, 0) is 9.68 Å². The summed E-state index contributed by atoms with van der Waals surface area (Å²) in [4.78, 5) is 14.1. The Kier molecular flexibility index (Phi) is 10.1. The van der Waals surface area contributed by atoms with Gasteiger partial charge in [-0.2, -0.15) is 5.26 Å². The number of hydrogen-bond donors (Lipinski definition) is 1. The van der Waals surface area contributed by atoms with Gasteiger partial charge in [-0.05, 0) is 6.42 Å². The van der Waals surface area contributed by atoms with Gasteiger partial charge in [-0.15, -0.1) is 0 Å². The van der Waals surface area contributed by atoms with Crippen LogP contribution >= 0.6 is 0 Å². The maximum Gasteiger partial charge on any atom is 0.342 e. The molecule has 3 heteroatoms. The van der Waals surface area contributed by atoms with E-state index in [-0.39, 0.29) is 0 Å². The Bertz CT molecular complexity index is 134. The summed E-state index contributed by atoms with van der Waals surface area (Å²) in [5.41, 5.74) is 0. The summed E-state index contributed by atoms with van der Waals surface area (Å²) in [5.74, 6) is -0.518. The lowest BCUT2D eigenvalue weighted by atomic mass is 10.1. The van der Waals surface area contributed by atoms with Crippen molar-refractivity contribution in [2.24, 2.45) is 0 Å². The van der Waals surface area contributed by atoms with Gasteiger partial charge in [0.2, 0.25) is 0 Å². The van der Waals surface area contributed by atoms with Crippen LogP contribution in [0.4, 0.5) is 0 Å². The monoisotopic (exact) mass is 202 g/mol. The molecular formula is C11H22O3. The Labute approximate surface area is 86.4 Å². The van der Waals surface area contributed by atoms with E-state index in [1.165, 1.54) is 38.5 Å². The van der Waals surface area contributed by atoms with E-state index in [4.69, 9.17) is 5.26 Å². The average molecular weight is 202 g/mol. The Balaban J connectivity index is 2.95. The van der Waals surface area contributed by atoms with Crippen molar-refractivity contribution in [3.05, 3.63) is 0 Å². The fraction of sp³-hybridized carbons (Fsp3) is 0.909. The van der Waals surface area contributed by atoms with Crippen molar-refractivity contribution in [3.63, 3.8) is 0 Å². The number of rotatable bonds is 9. The van der Waals surface area contributed by atoms with Crippen LogP contribution in [0.25, 0.3) is 0 Å². The van der Waals surface area contributed by atoms with Gasteiger partial charge in [0.05, 0.1) is 0 Å². The molecule has 0 aliphatic heterocycles. The molecule has 0 saturated carbocycles. The van der Waals surface area contributed by atoms with Crippen LogP contribution in [0.1, 0.15) is 64.7 Å². The summed E-state index contributed by atoms with van der Waals surface area (Å²) in [6, 6.07) is 0. The van der Waals surface area contributed by atoms with Crippen LogP contribution in [0, 0.1) is 0 Å². The minimum atomic E-state index is -0.518. The maximum atomic E-state index is 10.5. The van der Waals surface area contributed by atoms with Crippen molar-refractivity contribution >= 4 is 5.97 Å². The highest BCUT2D eigenvalue weighted by atomic mass is 17.1. The molecule has 0 rings (SSSR count). The lowest BCUT2D eigenvalue weighted by molar-refractivity contribution is -0.234. The fourth-order valence-electron chi connectivity index (χ4n) is 1.45. The molecule has 0 radical (unpaired) electrons. The third kappa shape index (κ3) is 9.52. The summed E-state index contributed by atoms with van der Waals surface area (Å²) in [7, 11) is 0. The van der Waals surface area contributed by atoms with E-state index in [1.54, 1.807) is 0 Å². The van der Waals surface area contributed by atoms with Gasteiger partial charge in [0.1, 0.15) is 0 Å². The van der Waals surface area contributed by atoms with E-state index in [0.717, 1.165) is 12.8 Å². The molecule has 0 unspecified atom stereocenters. The third-order valence-electron chi connectivity index (χ3n) is 2.34. The van der Waals surface area contributed by atoms with Gasteiger partial charge in [0, 0.05) is 6.42 Å². The zero-order valence-electron chi connectivity index (χ0n) is 9.13. The van der Waals surface area contributed by atoms with Gasteiger partial charge in [-0.1, -0.05) is 51.9 Å². The molecule has 0 aliphatic carbocycles. The van der Waals surface area contributed by atoms with Gasteiger partial charge in [0.25, 0.3) is 0 Å². The van der Waals surface area contributed by atoms with Crippen molar-refractivity contribution < 1.29 is 14.9 Å². The standard InChI is InChI=1S/C11H22O3/c1-2-3-4-5-6-7-8-9-10-11(12)14-13/h13H,2-10H2,1H3. The van der Waals surface area contributed by atoms with Crippen LogP contribution in [0.15, 0.2) is 0 Å². The van der Waals surface area contributed by atoms with Crippen molar-refractivity contribution in [2.45, 2.75) is 64.7 Å². The normalized spacial score (nSPS) is 10.1. The van der Waals surface area contributed by atoms with Crippen LogP contribution in [-0.4, -0.2) is 11.2 Å². The first kappa shape index (κ1) is 13.4. The minimum absolute atomic E-state index is 0.339. The summed E-state index contributed by atoms with van der Waals surface area (Å²) < 4.78 is 0. The van der Waals surface area contributed by atoms with E-state index in [0.29, 0.717) is 6.42 Å². The molecule has 1 N–H and O–H groups in total. The Hall–Kier alpha value is -0.570. The highest BCUT2D eigenvalue weighted by molar-refractivity contribution is 5.68. The molecule has 0 aromatic carbocycles. The van der Waals surface area contributed by atoms with Gasteiger partial charge >= 0.3 is 5.97 Å². The zero-order valence-corrected chi connectivity index (χ0v) is 9.13. The number of hydrogen-bond acceptors (Lipinski definition) is 3. The second-order valence-corrected chi connectivity index (χ2v) is 3.69. The predicted octanol–water partition coefficient (Wildman–Crippen LogP) is 3.53. The first-order valence-electron chi connectivity index (χ1n) is 5.65. The lowest BCUT2D eigenvalue weighted by Crippen LogP contribution is -1.99. The van der Waals surface area contributed by atoms with Gasteiger partial charge < -0.3 is 4.89 Å². The second kappa shape index (κ2) is 10.5. The second-order valence-electron chi connectivity index (χ2n) is 3.69. The van der Waals surface area contributed by atoms with Gasteiger partial charge in [-0.3, -0.25) is 0 Å². The zero-order chi connectivity index (χ0) is 10.6. The lowest BCUT2D eigenvalue weighted by Gasteiger charge is -2.00. The molecule has 0 spiro atoms. The van der Waals surface area contributed by atoms with Crippen LogP contribution < -0.4 is 0 Å². The number of carbonyl (C=O) groups excluding carboxylic acids is 1. The highest BCUT2D eigenvalue weighted by Crippen LogP contribution is 2.09. The van der Waals surface area contributed by atoms with Crippen LogP contribution in [0.5, 0.6) is 0 Å². The van der Waals surface area contributed by atoms with E-state index < -0.39 is 5.97 Å². The van der Waals surface area contributed by atoms with Crippen molar-refractivity contribution in [2.75, 3.05) is 0 Å². The van der Waals surface area contributed by atoms with E-state index in [2.05, 4.69) is 11.8 Å². The minimum Gasteiger partial charge on any atom is -0.301 e. The fourth-order valence-corrected chi connectivity index (χ4v) is 1.45. The van der Waals surface area contributed by atoms with Gasteiger partial charge in [0.15, 0.2) is 0 Å². The largest absolute Gasteiger partial charge is 0.342 e.